The fourth-order valence-corrected chi connectivity index (χ4v) is 0.990. The summed E-state index contributed by atoms with van der Waals surface area (Å²) in [5.74, 6) is 0.831. The van der Waals surface area contributed by atoms with Crippen LogP contribution in [-0.4, -0.2) is 13.7 Å². The molecule has 0 radical (unpaired) electrons. The van der Waals surface area contributed by atoms with Gasteiger partial charge in [-0.1, -0.05) is 0 Å². The predicted octanol–water partition coefficient (Wildman–Crippen LogP) is 2.00. The van der Waals surface area contributed by atoms with Crippen LogP contribution in [0.25, 0.3) is 0 Å². The van der Waals surface area contributed by atoms with Crippen LogP contribution in [0.5, 0.6) is 5.75 Å². The molecule has 68 valence electrons. The summed E-state index contributed by atoms with van der Waals surface area (Å²) in [7, 11) is 1.72. The Balaban J connectivity index is 2.76. The van der Waals surface area contributed by atoms with E-state index in [1.54, 1.807) is 7.05 Å². The van der Waals surface area contributed by atoms with Gasteiger partial charge in [0.05, 0.1) is 12.3 Å². The molecular weight excluding hydrogens is 164 g/mol. The van der Waals surface area contributed by atoms with Crippen LogP contribution in [0, 0.1) is 11.5 Å². The molecule has 0 unspecified atom stereocenters. The molecule has 3 heteroatoms. The van der Waals surface area contributed by atoms with Crippen LogP contribution < -0.4 is 9.64 Å². The minimum atomic E-state index is 0.660. The van der Waals surface area contributed by atoms with Crippen LogP contribution in [0.1, 0.15) is 6.92 Å². The Bertz CT molecular complexity index is 300. The molecule has 0 N–H and O–H groups in total. The van der Waals surface area contributed by atoms with Gasteiger partial charge in [-0.15, -0.1) is 0 Å². The van der Waals surface area contributed by atoms with E-state index in [-0.39, 0.29) is 0 Å². The first-order valence-electron chi connectivity index (χ1n) is 4.14. The van der Waals surface area contributed by atoms with Gasteiger partial charge in [-0.05, 0) is 31.2 Å². The molecule has 13 heavy (non-hydrogen) atoms. The summed E-state index contributed by atoms with van der Waals surface area (Å²) in [5, 5.41) is 8.61. The van der Waals surface area contributed by atoms with Crippen molar-refractivity contribution in [2.24, 2.45) is 0 Å². The molecule has 1 aromatic carbocycles. The first kappa shape index (κ1) is 9.40. The second kappa shape index (κ2) is 4.36. The Morgan fingerprint density at radius 2 is 2.00 bits per heavy atom. The SMILES string of the molecule is CCOc1ccc(N(C)C#N)cc1. The third-order valence-corrected chi connectivity index (χ3v) is 1.69. The van der Waals surface area contributed by atoms with E-state index in [2.05, 4.69) is 0 Å². The second-order valence-corrected chi connectivity index (χ2v) is 2.59. The third kappa shape index (κ3) is 2.38. The molecule has 0 saturated carbocycles. The number of hydrogen-bond acceptors (Lipinski definition) is 3. The van der Waals surface area contributed by atoms with Gasteiger partial charge in [0.1, 0.15) is 5.75 Å². The molecule has 0 aliphatic rings. The van der Waals surface area contributed by atoms with Crippen molar-refractivity contribution in [3.8, 4) is 11.9 Å². The van der Waals surface area contributed by atoms with Crippen LogP contribution in [0.4, 0.5) is 5.69 Å². The van der Waals surface area contributed by atoms with E-state index in [0.717, 1.165) is 11.4 Å². The van der Waals surface area contributed by atoms with Crippen LogP contribution in [0.2, 0.25) is 0 Å². The van der Waals surface area contributed by atoms with Gasteiger partial charge in [0.2, 0.25) is 0 Å². The molecule has 0 aromatic heterocycles. The first-order valence-corrected chi connectivity index (χ1v) is 4.14. The lowest BCUT2D eigenvalue weighted by molar-refractivity contribution is 0.340. The molecule has 0 aliphatic heterocycles. The van der Waals surface area contributed by atoms with Crippen molar-refractivity contribution in [1.29, 1.82) is 5.26 Å². The Hall–Kier alpha value is -1.69. The number of nitrogens with zero attached hydrogens (tertiary/aromatic N) is 2. The summed E-state index contributed by atoms with van der Waals surface area (Å²) < 4.78 is 5.27. The molecule has 0 spiro atoms. The number of nitriles is 1. The highest BCUT2D eigenvalue weighted by Crippen LogP contribution is 2.17. The molecule has 0 amide bonds. The standard InChI is InChI=1S/C10H12N2O/c1-3-13-10-6-4-9(5-7-10)12(2)8-11/h4-7H,3H2,1-2H3. The molecule has 0 bridgehead atoms. The Labute approximate surface area is 78.2 Å². The minimum absolute atomic E-state index is 0.660. The van der Waals surface area contributed by atoms with Crippen molar-refractivity contribution in [3.63, 3.8) is 0 Å². The van der Waals surface area contributed by atoms with E-state index in [0.29, 0.717) is 6.61 Å². The van der Waals surface area contributed by atoms with Gasteiger partial charge >= 0.3 is 0 Å². The van der Waals surface area contributed by atoms with Crippen molar-refractivity contribution < 1.29 is 4.74 Å². The van der Waals surface area contributed by atoms with Gasteiger partial charge in [0, 0.05) is 7.05 Å². The number of anilines is 1. The number of ether oxygens (including phenoxy) is 1. The van der Waals surface area contributed by atoms with Crippen molar-refractivity contribution in [2.75, 3.05) is 18.6 Å². The van der Waals surface area contributed by atoms with Crippen molar-refractivity contribution in [3.05, 3.63) is 24.3 Å². The summed E-state index contributed by atoms with van der Waals surface area (Å²) >= 11 is 0. The van der Waals surface area contributed by atoms with Crippen LogP contribution >= 0.6 is 0 Å². The zero-order valence-electron chi connectivity index (χ0n) is 7.82. The summed E-state index contributed by atoms with van der Waals surface area (Å²) in [6.45, 7) is 2.60. The normalized spacial score (nSPS) is 9.00. The maximum atomic E-state index is 8.61. The van der Waals surface area contributed by atoms with E-state index in [1.807, 2.05) is 37.4 Å². The monoisotopic (exact) mass is 176 g/mol. The Morgan fingerprint density at radius 1 is 1.38 bits per heavy atom. The van der Waals surface area contributed by atoms with Gasteiger partial charge < -0.3 is 4.74 Å². The van der Waals surface area contributed by atoms with Gasteiger partial charge in [-0.3, -0.25) is 4.90 Å². The Morgan fingerprint density at radius 3 is 2.46 bits per heavy atom. The van der Waals surface area contributed by atoms with E-state index in [9.17, 15) is 0 Å². The highest BCUT2D eigenvalue weighted by Gasteiger charge is 1.98. The van der Waals surface area contributed by atoms with Crippen LogP contribution in [0.3, 0.4) is 0 Å². The van der Waals surface area contributed by atoms with Crippen molar-refractivity contribution >= 4 is 5.69 Å². The molecule has 0 fully saturated rings. The topological polar surface area (TPSA) is 36.3 Å². The summed E-state index contributed by atoms with van der Waals surface area (Å²) in [6, 6.07) is 7.42. The molecule has 0 aliphatic carbocycles. The molecule has 0 heterocycles. The molecule has 1 rings (SSSR count). The third-order valence-electron chi connectivity index (χ3n) is 1.69. The largest absolute Gasteiger partial charge is 0.494 e. The number of rotatable bonds is 3. The lowest BCUT2D eigenvalue weighted by atomic mass is 10.3. The van der Waals surface area contributed by atoms with Crippen LogP contribution in [0.15, 0.2) is 24.3 Å². The van der Waals surface area contributed by atoms with E-state index >= 15 is 0 Å². The van der Waals surface area contributed by atoms with E-state index < -0.39 is 0 Å². The average molecular weight is 176 g/mol. The van der Waals surface area contributed by atoms with Gasteiger partial charge in [0.15, 0.2) is 6.19 Å². The zero-order valence-corrected chi connectivity index (χ0v) is 7.82. The molecule has 3 nitrogen and oxygen atoms in total. The molecule has 0 atom stereocenters. The quantitative estimate of drug-likeness (QED) is 0.522. The highest BCUT2D eigenvalue weighted by atomic mass is 16.5. The predicted molar refractivity (Wildman–Crippen MR) is 51.6 cm³/mol. The molecule has 0 saturated heterocycles. The van der Waals surface area contributed by atoms with Crippen molar-refractivity contribution in [1.82, 2.24) is 0 Å². The highest BCUT2D eigenvalue weighted by molar-refractivity contribution is 5.51. The summed E-state index contributed by atoms with van der Waals surface area (Å²) in [4.78, 5) is 1.50. The number of hydrogen-bond donors (Lipinski definition) is 0. The fourth-order valence-electron chi connectivity index (χ4n) is 0.990. The van der Waals surface area contributed by atoms with E-state index in [4.69, 9.17) is 10.00 Å². The molecular formula is C10H12N2O. The maximum Gasteiger partial charge on any atom is 0.183 e. The Kier molecular flexibility index (Phi) is 3.15. The average Bonchev–Trinajstić information content (AvgIpc) is 2.18. The summed E-state index contributed by atoms with van der Waals surface area (Å²) in [5.41, 5.74) is 0.867. The van der Waals surface area contributed by atoms with Gasteiger partial charge in [-0.25, -0.2) is 0 Å². The zero-order chi connectivity index (χ0) is 9.68. The number of benzene rings is 1. The van der Waals surface area contributed by atoms with Gasteiger partial charge in [0.25, 0.3) is 0 Å². The van der Waals surface area contributed by atoms with Gasteiger partial charge in [-0.2, -0.15) is 5.26 Å². The lowest BCUT2D eigenvalue weighted by Gasteiger charge is -2.09. The lowest BCUT2D eigenvalue weighted by Crippen LogP contribution is -2.07. The maximum absolute atomic E-state index is 8.61. The first-order chi connectivity index (χ1) is 6.27. The van der Waals surface area contributed by atoms with Crippen LogP contribution in [-0.2, 0) is 0 Å². The fraction of sp³-hybridized carbons (Fsp3) is 0.300. The second-order valence-electron chi connectivity index (χ2n) is 2.59. The van der Waals surface area contributed by atoms with E-state index in [1.165, 1.54) is 4.90 Å². The minimum Gasteiger partial charge on any atom is -0.494 e. The van der Waals surface area contributed by atoms with Crippen molar-refractivity contribution in [2.45, 2.75) is 6.92 Å². The summed E-state index contributed by atoms with van der Waals surface area (Å²) in [6.07, 6.45) is 2.03. The molecule has 1 aromatic rings. The smallest absolute Gasteiger partial charge is 0.183 e.